The average molecular weight is 599 g/mol. The minimum atomic E-state index is -4.67. The number of nitrogens with one attached hydrogen (secondary N) is 2. The van der Waals surface area contributed by atoms with Crippen LogP contribution in [0.15, 0.2) is 35.3 Å². The van der Waals surface area contributed by atoms with Crippen molar-refractivity contribution in [3.05, 3.63) is 46.6 Å². The Morgan fingerprint density at radius 2 is 1.90 bits per heavy atom. The number of rotatable bonds is 9. The molecule has 0 saturated heterocycles. The van der Waals surface area contributed by atoms with Gasteiger partial charge in [-0.2, -0.15) is 18.2 Å². The van der Waals surface area contributed by atoms with E-state index in [0.717, 1.165) is 37.8 Å². The smallest absolute Gasteiger partial charge is 0.351 e. The molecule has 1 fully saturated rings. The van der Waals surface area contributed by atoms with Crippen molar-refractivity contribution in [2.45, 2.75) is 70.3 Å². The Hall–Kier alpha value is -3.26. The van der Waals surface area contributed by atoms with E-state index >= 15 is 0 Å². The molecule has 2 N–H and O–H groups in total. The van der Waals surface area contributed by atoms with E-state index < -0.39 is 45.4 Å². The maximum absolute atomic E-state index is 14.9. The SMILES string of the molecule is CC(C)n1c(=O)c(-c2ccc(NS(=O)(=O)CCC(F)(F)F)c(F)c2)cc2cnc(N[C@H]3CCC[C@@H](N(C)C)C3)nc21. The van der Waals surface area contributed by atoms with Gasteiger partial charge in [0.2, 0.25) is 16.0 Å². The number of nitrogens with zero attached hydrogens (tertiary/aromatic N) is 4. The van der Waals surface area contributed by atoms with Crippen molar-refractivity contribution in [3.63, 3.8) is 0 Å². The lowest BCUT2D eigenvalue weighted by Crippen LogP contribution is -2.38. The summed E-state index contributed by atoms with van der Waals surface area (Å²) in [5.74, 6) is -1.86. The van der Waals surface area contributed by atoms with Crippen molar-refractivity contribution >= 4 is 32.7 Å². The van der Waals surface area contributed by atoms with Crippen molar-refractivity contribution in [1.82, 2.24) is 19.4 Å². The van der Waals surface area contributed by atoms with Crippen molar-refractivity contribution in [2.24, 2.45) is 0 Å². The first-order chi connectivity index (χ1) is 19.1. The molecule has 2 aromatic heterocycles. The lowest BCUT2D eigenvalue weighted by Gasteiger charge is -2.33. The Bertz CT molecular complexity index is 1570. The molecule has 9 nitrogen and oxygen atoms in total. The van der Waals surface area contributed by atoms with Crippen LogP contribution in [0, 0.1) is 5.82 Å². The highest BCUT2D eigenvalue weighted by Gasteiger charge is 2.30. The quantitative estimate of drug-likeness (QED) is 0.328. The van der Waals surface area contributed by atoms with Crippen LogP contribution in [0.3, 0.4) is 0 Å². The monoisotopic (exact) mass is 598 g/mol. The second-order valence-corrected chi connectivity index (χ2v) is 12.7. The Labute approximate surface area is 236 Å². The molecule has 0 spiro atoms. The number of aromatic nitrogens is 3. The first kappa shape index (κ1) is 30.7. The Kier molecular flexibility index (Phi) is 8.93. The van der Waals surface area contributed by atoms with Gasteiger partial charge in [-0.15, -0.1) is 0 Å². The highest BCUT2D eigenvalue weighted by atomic mass is 32.2. The van der Waals surface area contributed by atoms with Gasteiger partial charge in [-0.25, -0.2) is 17.8 Å². The van der Waals surface area contributed by atoms with Crippen molar-refractivity contribution < 1.29 is 26.0 Å². The van der Waals surface area contributed by atoms with E-state index in [1.807, 2.05) is 18.6 Å². The number of hydrogen-bond acceptors (Lipinski definition) is 7. The third-order valence-corrected chi connectivity index (χ3v) is 8.47. The molecule has 0 radical (unpaired) electrons. The lowest BCUT2D eigenvalue weighted by molar-refractivity contribution is -0.129. The topological polar surface area (TPSA) is 109 Å². The highest BCUT2D eigenvalue weighted by Crippen LogP contribution is 2.28. The number of pyridine rings is 1. The fourth-order valence-electron chi connectivity index (χ4n) is 5.06. The summed E-state index contributed by atoms with van der Waals surface area (Å²) in [7, 11) is -0.317. The van der Waals surface area contributed by atoms with E-state index in [2.05, 4.69) is 34.3 Å². The summed E-state index contributed by atoms with van der Waals surface area (Å²) in [4.78, 5) is 24.9. The second kappa shape index (κ2) is 11.9. The molecule has 2 atom stereocenters. The standard InChI is InChI=1S/C27H34F4N6O3S/c1-16(2)37-24-18(15-32-26(34-24)33-19-6-5-7-20(14-19)36(3)4)12-21(25(37)38)17-8-9-23(22(28)13-17)35-41(39,40)11-10-27(29,30)31/h8-9,12-13,15-16,19-20,35H,5-7,10-11,14H2,1-4H3,(H,32,33,34)/t19-,20+/m0/s1. The van der Waals surface area contributed by atoms with Crippen LogP contribution in [0.25, 0.3) is 22.2 Å². The molecule has 224 valence electrons. The molecule has 0 unspecified atom stereocenters. The lowest BCUT2D eigenvalue weighted by atomic mass is 9.90. The third kappa shape index (κ3) is 7.53. The molecule has 2 heterocycles. The maximum Gasteiger partial charge on any atom is 0.390 e. The zero-order chi connectivity index (χ0) is 30.1. The van der Waals surface area contributed by atoms with Gasteiger partial charge < -0.3 is 10.2 Å². The van der Waals surface area contributed by atoms with Crippen LogP contribution in [0.1, 0.15) is 52.0 Å². The van der Waals surface area contributed by atoms with Gasteiger partial charge >= 0.3 is 6.18 Å². The van der Waals surface area contributed by atoms with Crippen LogP contribution in [0.2, 0.25) is 0 Å². The van der Waals surface area contributed by atoms with E-state index in [1.54, 1.807) is 12.3 Å². The fourth-order valence-corrected chi connectivity index (χ4v) is 6.16. The van der Waals surface area contributed by atoms with Crippen LogP contribution < -0.4 is 15.6 Å². The van der Waals surface area contributed by atoms with E-state index in [9.17, 15) is 30.8 Å². The van der Waals surface area contributed by atoms with Crippen LogP contribution >= 0.6 is 0 Å². The number of fused-ring (bicyclic) bond motifs is 1. The van der Waals surface area contributed by atoms with Gasteiger partial charge in [0, 0.05) is 35.3 Å². The van der Waals surface area contributed by atoms with Crippen molar-refractivity contribution in [3.8, 4) is 11.1 Å². The molecule has 1 aromatic carbocycles. The van der Waals surface area contributed by atoms with Crippen LogP contribution in [-0.2, 0) is 10.0 Å². The Balaban J connectivity index is 1.64. The summed E-state index contributed by atoms with van der Waals surface area (Å²) in [6.07, 6.45) is -0.493. The molecular formula is C27H34F4N6O3S. The number of halogens is 4. The van der Waals surface area contributed by atoms with Crippen LogP contribution in [-0.4, -0.2) is 66.0 Å². The van der Waals surface area contributed by atoms with E-state index in [-0.39, 0.29) is 23.2 Å². The summed E-state index contributed by atoms with van der Waals surface area (Å²) >= 11 is 0. The van der Waals surface area contributed by atoms with Crippen LogP contribution in [0.4, 0.5) is 29.2 Å². The highest BCUT2D eigenvalue weighted by molar-refractivity contribution is 7.92. The molecule has 3 aromatic rings. The minimum Gasteiger partial charge on any atom is -0.351 e. The second-order valence-electron chi connectivity index (χ2n) is 10.9. The fraction of sp³-hybridized carbons (Fsp3) is 0.519. The number of anilines is 2. The van der Waals surface area contributed by atoms with Crippen molar-refractivity contribution in [2.75, 3.05) is 29.9 Å². The first-order valence-corrected chi connectivity index (χ1v) is 15.0. The molecule has 41 heavy (non-hydrogen) atoms. The summed E-state index contributed by atoms with van der Waals surface area (Å²) in [6.45, 7) is 3.64. The number of benzene rings is 1. The zero-order valence-electron chi connectivity index (χ0n) is 23.3. The molecule has 1 aliphatic carbocycles. The molecule has 0 aliphatic heterocycles. The minimum absolute atomic E-state index is 0.141. The molecule has 1 aliphatic rings. The van der Waals surface area contributed by atoms with Gasteiger partial charge in [-0.3, -0.25) is 14.1 Å². The van der Waals surface area contributed by atoms with Gasteiger partial charge in [0.15, 0.2) is 0 Å². The largest absolute Gasteiger partial charge is 0.390 e. The molecule has 1 saturated carbocycles. The average Bonchev–Trinajstić information content (AvgIpc) is 2.88. The van der Waals surface area contributed by atoms with Crippen LogP contribution in [0.5, 0.6) is 0 Å². The zero-order valence-corrected chi connectivity index (χ0v) is 24.1. The van der Waals surface area contributed by atoms with Crippen molar-refractivity contribution in [1.29, 1.82) is 0 Å². The Morgan fingerprint density at radius 3 is 2.54 bits per heavy atom. The molecule has 0 amide bonds. The normalized spacial score (nSPS) is 18.3. The van der Waals surface area contributed by atoms with Gasteiger partial charge in [0.1, 0.15) is 11.5 Å². The van der Waals surface area contributed by atoms with Gasteiger partial charge in [0.05, 0.1) is 17.9 Å². The first-order valence-electron chi connectivity index (χ1n) is 13.4. The Morgan fingerprint density at radius 1 is 1.17 bits per heavy atom. The summed E-state index contributed by atoms with van der Waals surface area (Å²) in [5.41, 5.74) is -0.219. The summed E-state index contributed by atoms with van der Waals surface area (Å²) in [5, 5.41) is 3.95. The summed E-state index contributed by atoms with van der Waals surface area (Å²) < 4.78 is 79.6. The molecule has 14 heteroatoms. The van der Waals surface area contributed by atoms with E-state index in [0.29, 0.717) is 23.0 Å². The maximum atomic E-state index is 14.9. The number of alkyl halides is 3. The predicted molar refractivity (Wildman–Crippen MR) is 151 cm³/mol. The summed E-state index contributed by atoms with van der Waals surface area (Å²) in [6, 6.07) is 5.28. The van der Waals surface area contributed by atoms with E-state index in [1.165, 1.54) is 10.6 Å². The van der Waals surface area contributed by atoms with Gasteiger partial charge in [0.25, 0.3) is 5.56 Å². The molecule has 4 rings (SSSR count). The molecular weight excluding hydrogens is 564 g/mol. The molecule has 0 bridgehead atoms. The van der Waals surface area contributed by atoms with Gasteiger partial charge in [-0.05, 0) is 77.4 Å². The van der Waals surface area contributed by atoms with Gasteiger partial charge in [-0.1, -0.05) is 6.07 Å². The number of sulfonamides is 1. The number of hydrogen-bond donors (Lipinski definition) is 2. The van der Waals surface area contributed by atoms with E-state index in [4.69, 9.17) is 0 Å². The predicted octanol–water partition coefficient (Wildman–Crippen LogP) is 5.16. The third-order valence-electron chi connectivity index (χ3n) is 7.20.